The van der Waals surface area contributed by atoms with Gasteiger partial charge >= 0.3 is 5.97 Å². The fourth-order valence-electron chi connectivity index (χ4n) is 3.02. The van der Waals surface area contributed by atoms with Gasteiger partial charge in [-0.25, -0.2) is 9.78 Å². The Balaban J connectivity index is 2.24. The van der Waals surface area contributed by atoms with Crippen LogP contribution in [0.4, 0.5) is 5.69 Å². The van der Waals surface area contributed by atoms with Crippen LogP contribution < -0.4 is 4.90 Å². The monoisotopic (exact) mass is 288 g/mol. The van der Waals surface area contributed by atoms with Gasteiger partial charge in [0.05, 0.1) is 23.4 Å². The number of rotatable bonds is 3. The van der Waals surface area contributed by atoms with Gasteiger partial charge in [-0.1, -0.05) is 0 Å². The molecule has 0 saturated carbocycles. The smallest absolute Gasteiger partial charge is 0.341 e. The second-order valence-electron chi connectivity index (χ2n) is 5.34. The van der Waals surface area contributed by atoms with Gasteiger partial charge in [0.2, 0.25) is 0 Å². The molecule has 1 aliphatic rings. The molecule has 6 nitrogen and oxygen atoms in total. The lowest BCUT2D eigenvalue weighted by Gasteiger charge is -2.21. The Kier molecular flexibility index (Phi) is 3.53. The van der Waals surface area contributed by atoms with E-state index in [0.29, 0.717) is 12.2 Å². The lowest BCUT2D eigenvalue weighted by Crippen LogP contribution is -2.22. The van der Waals surface area contributed by atoms with E-state index in [1.165, 1.54) is 0 Å². The molecule has 0 unspecified atom stereocenters. The molecule has 3 heterocycles. The van der Waals surface area contributed by atoms with Gasteiger partial charge in [-0.15, -0.1) is 0 Å². The van der Waals surface area contributed by atoms with Gasteiger partial charge in [0.15, 0.2) is 5.65 Å². The van der Waals surface area contributed by atoms with Crippen molar-refractivity contribution in [3.63, 3.8) is 0 Å². The Hall–Kier alpha value is -2.11. The molecule has 21 heavy (non-hydrogen) atoms. The predicted octanol–water partition coefficient (Wildman–Crippen LogP) is 2.05. The van der Waals surface area contributed by atoms with E-state index in [1.807, 2.05) is 20.9 Å². The molecule has 0 N–H and O–H groups in total. The number of aryl methyl sites for hydroxylation is 2. The highest BCUT2D eigenvalue weighted by Gasteiger charge is 2.26. The van der Waals surface area contributed by atoms with Crippen LogP contribution in [0.15, 0.2) is 6.20 Å². The molecule has 3 rings (SSSR count). The zero-order valence-corrected chi connectivity index (χ0v) is 12.7. The van der Waals surface area contributed by atoms with Gasteiger partial charge in [0.25, 0.3) is 0 Å². The van der Waals surface area contributed by atoms with E-state index < -0.39 is 0 Å². The summed E-state index contributed by atoms with van der Waals surface area (Å²) in [5.74, 6) is -0.308. The van der Waals surface area contributed by atoms with E-state index in [4.69, 9.17) is 4.74 Å². The van der Waals surface area contributed by atoms with Crippen molar-refractivity contribution < 1.29 is 9.53 Å². The number of anilines is 1. The molecular formula is C15H20N4O2. The number of hydrogen-bond donors (Lipinski definition) is 0. The number of carbonyl (C=O) groups excluding carboxylic acids is 1. The zero-order chi connectivity index (χ0) is 15.0. The number of pyridine rings is 1. The maximum atomic E-state index is 12.3. The van der Waals surface area contributed by atoms with E-state index in [-0.39, 0.29) is 5.97 Å². The van der Waals surface area contributed by atoms with Crippen molar-refractivity contribution in [2.24, 2.45) is 7.05 Å². The fourth-order valence-corrected chi connectivity index (χ4v) is 3.02. The van der Waals surface area contributed by atoms with Gasteiger partial charge in [0, 0.05) is 26.3 Å². The highest BCUT2D eigenvalue weighted by molar-refractivity contribution is 6.05. The summed E-state index contributed by atoms with van der Waals surface area (Å²) in [5.41, 5.74) is 3.18. The van der Waals surface area contributed by atoms with Crippen molar-refractivity contribution in [2.75, 3.05) is 24.6 Å². The van der Waals surface area contributed by atoms with Crippen LogP contribution in [0.1, 0.15) is 35.8 Å². The summed E-state index contributed by atoms with van der Waals surface area (Å²) in [5, 5.41) is 5.41. The minimum Gasteiger partial charge on any atom is -0.462 e. The van der Waals surface area contributed by atoms with E-state index >= 15 is 0 Å². The van der Waals surface area contributed by atoms with Crippen molar-refractivity contribution >= 4 is 22.7 Å². The largest absolute Gasteiger partial charge is 0.462 e. The van der Waals surface area contributed by atoms with Crippen molar-refractivity contribution in [1.29, 1.82) is 0 Å². The molecule has 0 atom stereocenters. The summed E-state index contributed by atoms with van der Waals surface area (Å²) in [6, 6.07) is 0. The molecular weight excluding hydrogens is 268 g/mol. The average Bonchev–Trinajstić information content (AvgIpc) is 3.07. The van der Waals surface area contributed by atoms with E-state index in [2.05, 4.69) is 15.0 Å². The lowest BCUT2D eigenvalue weighted by atomic mass is 10.1. The second kappa shape index (κ2) is 5.35. The number of fused-ring (bicyclic) bond motifs is 1. The minimum atomic E-state index is -0.308. The minimum absolute atomic E-state index is 0.308. The summed E-state index contributed by atoms with van der Waals surface area (Å²) in [6.45, 7) is 6.05. The normalized spacial score (nSPS) is 14.9. The van der Waals surface area contributed by atoms with Crippen molar-refractivity contribution in [3.8, 4) is 0 Å². The number of hydrogen-bond acceptors (Lipinski definition) is 5. The standard InChI is InChI=1S/C15H20N4O2/c1-4-21-15(20)11-9-16-14-12(10(2)17-18(14)3)13(11)19-7-5-6-8-19/h9H,4-8H2,1-3H3. The fraction of sp³-hybridized carbons (Fsp3) is 0.533. The zero-order valence-electron chi connectivity index (χ0n) is 12.7. The molecule has 1 saturated heterocycles. The first-order chi connectivity index (χ1) is 10.1. The molecule has 0 bridgehead atoms. The summed E-state index contributed by atoms with van der Waals surface area (Å²) >= 11 is 0. The topological polar surface area (TPSA) is 60.2 Å². The molecule has 0 radical (unpaired) electrons. The summed E-state index contributed by atoms with van der Waals surface area (Å²) in [4.78, 5) is 18.9. The van der Waals surface area contributed by atoms with E-state index in [9.17, 15) is 4.79 Å². The summed E-state index contributed by atoms with van der Waals surface area (Å²) < 4.78 is 6.95. The van der Waals surface area contributed by atoms with Crippen LogP contribution in [0, 0.1) is 6.92 Å². The van der Waals surface area contributed by atoms with Crippen LogP contribution in [0.5, 0.6) is 0 Å². The first-order valence-corrected chi connectivity index (χ1v) is 7.38. The number of nitrogens with zero attached hydrogens (tertiary/aromatic N) is 4. The number of esters is 1. The molecule has 1 fully saturated rings. The molecule has 1 aliphatic heterocycles. The van der Waals surface area contributed by atoms with Crippen LogP contribution >= 0.6 is 0 Å². The van der Waals surface area contributed by atoms with Crippen LogP contribution in [0.3, 0.4) is 0 Å². The Bertz CT molecular complexity index is 687. The predicted molar refractivity (Wildman–Crippen MR) is 80.6 cm³/mol. The van der Waals surface area contributed by atoms with Crippen molar-refractivity contribution in [2.45, 2.75) is 26.7 Å². The quantitative estimate of drug-likeness (QED) is 0.809. The molecule has 0 amide bonds. The second-order valence-corrected chi connectivity index (χ2v) is 5.34. The number of carbonyl (C=O) groups is 1. The Morgan fingerprint density at radius 3 is 2.76 bits per heavy atom. The van der Waals surface area contributed by atoms with Crippen LogP contribution in [0.2, 0.25) is 0 Å². The third kappa shape index (κ3) is 2.24. The van der Waals surface area contributed by atoms with Crippen molar-refractivity contribution in [3.05, 3.63) is 17.5 Å². The highest BCUT2D eigenvalue weighted by atomic mass is 16.5. The Morgan fingerprint density at radius 2 is 2.10 bits per heavy atom. The third-order valence-electron chi connectivity index (χ3n) is 3.92. The van der Waals surface area contributed by atoms with Gasteiger partial charge in [-0.05, 0) is 26.7 Å². The van der Waals surface area contributed by atoms with Gasteiger partial charge in [0.1, 0.15) is 5.56 Å². The van der Waals surface area contributed by atoms with Crippen LogP contribution in [-0.4, -0.2) is 40.4 Å². The molecule has 2 aromatic rings. The number of aromatic nitrogens is 3. The maximum Gasteiger partial charge on any atom is 0.341 e. The van der Waals surface area contributed by atoms with Gasteiger partial charge in [-0.2, -0.15) is 5.10 Å². The molecule has 0 spiro atoms. The number of ether oxygens (including phenoxy) is 1. The molecule has 2 aromatic heterocycles. The highest BCUT2D eigenvalue weighted by Crippen LogP contribution is 2.34. The van der Waals surface area contributed by atoms with Crippen LogP contribution in [0.25, 0.3) is 11.0 Å². The molecule has 112 valence electrons. The maximum absolute atomic E-state index is 12.3. The first kappa shape index (κ1) is 13.9. The van der Waals surface area contributed by atoms with Gasteiger partial charge < -0.3 is 9.64 Å². The van der Waals surface area contributed by atoms with Crippen LogP contribution in [-0.2, 0) is 11.8 Å². The van der Waals surface area contributed by atoms with Crippen molar-refractivity contribution in [1.82, 2.24) is 14.8 Å². The third-order valence-corrected chi connectivity index (χ3v) is 3.92. The molecule has 0 aromatic carbocycles. The lowest BCUT2D eigenvalue weighted by molar-refractivity contribution is 0.0527. The average molecular weight is 288 g/mol. The summed E-state index contributed by atoms with van der Waals surface area (Å²) in [6.07, 6.45) is 3.91. The summed E-state index contributed by atoms with van der Waals surface area (Å²) in [7, 11) is 1.88. The Labute approximate surface area is 123 Å². The SMILES string of the molecule is CCOC(=O)c1cnc2c(c(C)nn2C)c1N1CCCC1. The Morgan fingerprint density at radius 1 is 1.38 bits per heavy atom. The molecule has 6 heteroatoms. The molecule has 0 aliphatic carbocycles. The van der Waals surface area contributed by atoms with E-state index in [0.717, 1.165) is 48.3 Å². The van der Waals surface area contributed by atoms with E-state index in [1.54, 1.807) is 10.9 Å². The first-order valence-electron chi connectivity index (χ1n) is 7.38. The van der Waals surface area contributed by atoms with Gasteiger partial charge in [-0.3, -0.25) is 4.68 Å².